The van der Waals surface area contributed by atoms with E-state index in [2.05, 4.69) is 5.32 Å². The molecule has 4 nitrogen and oxygen atoms in total. The van der Waals surface area contributed by atoms with Gasteiger partial charge in [0.2, 0.25) is 5.91 Å². The molecule has 5 heteroatoms. The van der Waals surface area contributed by atoms with Gasteiger partial charge >= 0.3 is 0 Å². The van der Waals surface area contributed by atoms with Gasteiger partial charge in [-0.05, 0) is 36.4 Å². The van der Waals surface area contributed by atoms with Gasteiger partial charge in [0.05, 0.1) is 5.75 Å². The van der Waals surface area contributed by atoms with Gasteiger partial charge in [0.15, 0.2) is 12.0 Å². The lowest BCUT2D eigenvalue weighted by Gasteiger charge is -2.03. The maximum absolute atomic E-state index is 10.9. The number of benzene rings is 1. The normalized spacial score (nSPS) is 10.2. The molecule has 0 atom stereocenters. The summed E-state index contributed by atoms with van der Waals surface area (Å²) in [4.78, 5) is 22.4. The van der Waals surface area contributed by atoms with E-state index in [1.54, 1.807) is 23.9 Å². The van der Waals surface area contributed by atoms with Gasteiger partial charge in [-0.1, -0.05) is 0 Å². The Morgan fingerprint density at radius 3 is 2.58 bits per heavy atom. The third-order valence-corrected chi connectivity index (χ3v) is 3.39. The van der Waals surface area contributed by atoms with Crippen LogP contribution >= 0.6 is 11.8 Å². The third-order valence-electron chi connectivity index (χ3n) is 2.35. The van der Waals surface area contributed by atoms with Gasteiger partial charge in [-0.25, -0.2) is 0 Å². The zero-order chi connectivity index (χ0) is 13.7. The fourth-order valence-electron chi connectivity index (χ4n) is 1.53. The maximum Gasteiger partial charge on any atom is 0.221 e. The van der Waals surface area contributed by atoms with Crippen LogP contribution in [0.1, 0.15) is 23.2 Å². The molecule has 2 rings (SSSR count). The van der Waals surface area contributed by atoms with Crippen molar-refractivity contribution in [2.45, 2.75) is 17.6 Å². The number of hydrogen-bond donors (Lipinski definition) is 1. The van der Waals surface area contributed by atoms with E-state index in [0.29, 0.717) is 17.8 Å². The van der Waals surface area contributed by atoms with Gasteiger partial charge in [0, 0.05) is 17.5 Å². The van der Waals surface area contributed by atoms with Crippen LogP contribution < -0.4 is 5.32 Å². The van der Waals surface area contributed by atoms with Gasteiger partial charge in [-0.2, -0.15) is 0 Å². The number of anilines is 1. The molecule has 0 spiro atoms. The Morgan fingerprint density at radius 1 is 1.26 bits per heavy atom. The Kier molecular flexibility index (Phi) is 4.41. The standard InChI is InChI=1S/C14H13NO3S/c1-10(17)15-11-2-6-14(7-3-11)19-9-13-5-4-12(8-16)18-13/h2-8H,9H2,1H3,(H,15,17). The highest BCUT2D eigenvalue weighted by Gasteiger charge is 2.02. The second-order valence-electron chi connectivity index (χ2n) is 3.92. The molecule has 0 aliphatic carbocycles. The summed E-state index contributed by atoms with van der Waals surface area (Å²) in [6.45, 7) is 1.48. The van der Waals surface area contributed by atoms with Crippen molar-refractivity contribution in [2.24, 2.45) is 0 Å². The molecule has 0 aliphatic rings. The SMILES string of the molecule is CC(=O)Nc1ccc(SCc2ccc(C=O)o2)cc1. The Balaban J connectivity index is 1.92. The third kappa shape index (κ3) is 3.99. The number of nitrogens with one attached hydrogen (secondary N) is 1. The monoisotopic (exact) mass is 275 g/mol. The summed E-state index contributed by atoms with van der Waals surface area (Å²) in [5, 5.41) is 2.71. The van der Waals surface area contributed by atoms with E-state index in [-0.39, 0.29) is 5.91 Å². The maximum atomic E-state index is 10.9. The molecule has 1 aromatic carbocycles. The molecular weight excluding hydrogens is 262 g/mol. The summed E-state index contributed by atoms with van der Waals surface area (Å²) in [5.41, 5.74) is 0.776. The minimum absolute atomic E-state index is 0.0858. The van der Waals surface area contributed by atoms with Crippen LogP contribution in [0.15, 0.2) is 45.7 Å². The zero-order valence-electron chi connectivity index (χ0n) is 10.4. The lowest BCUT2D eigenvalue weighted by atomic mass is 10.3. The first kappa shape index (κ1) is 13.4. The molecule has 0 fully saturated rings. The Hall–Kier alpha value is -2.01. The minimum atomic E-state index is -0.0858. The average molecular weight is 275 g/mol. The molecule has 0 saturated carbocycles. The van der Waals surface area contributed by atoms with E-state index in [1.165, 1.54) is 6.92 Å². The minimum Gasteiger partial charge on any atom is -0.457 e. The summed E-state index contributed by atoms with van der Waals surface area (Å²) in [7, 11) is 0. The summed E-state index contributed by atoms with van der Waals surface area (Å²) in [6, 6.07) is 11.0. The van der Waals surface area contributed by atoms with Gasteiger partial charge in [-0.3, -0.25) is 9.59 Å². The summed E-state index contributed by atoms with van der Waals surface area (Å²) >= 11 is 1.60. The highest BCUT2D eigenvalue weighted by atomic mass is 32.2. The van der Waals surface area contributed by atoms with Crippen molar-refractivity contribution < 1.29 is 14.0 Å². The predicted molar refractivity (Wildman–Crippen MR) is 74.4 cm³/mol. The predicted octanol–water partition coefficient (Wildman–Crippen LogP) is 3.34. The molecule has 98 valence electrons. The lowest BCUT2D eigenvalue weighted by molar-refractivity contribution is -0.114. The van der Waals surface area contributed by atoms with Crippen molar-refractivity contribution in [3.05, 3.63) is 47.9 Å². The molecule has 0 unspecified atom stereocenters. The number of rotatable bonds is 5. The van der Waals surface area contributed by atoms with E-state index in [9.17, 15) is 9.59 Å². The van der Waals surface area contributed by atoms with Gasteiger partial charge < -0.3 is 9.73 Å². The van der Waals surface area contributed by atoms with Crippen molar-refractivity contribution in [2.75, 3.05) is 5.32 Å². The van der Waals surface area contributed by atoms with Crippen molar-refractivity contribution in [1.82, 2.24) is 0 Å². The lowest BCUT2D eigenvalue weighted by Crippen LogP contribution is -2.05. The number of hydrogen-bond acceptors (Lipinski definition) is 4. The summed E-state index contributed by atoms with van der Waals surface area (Å²) < 4.78 is 5.28. The average Bonchev–Trinajstić information content (AvgIpc) is 2.85. The van der Waals surface area contributed by atoms with Gasteiger partial charge in [0.25, 0.3) is 0 Å². The second kappa shape index (κ2) is 6.24. The molecular formula is C14H13NO3S. The van der Waals surface area contributed by atoms with E-state index in [0.717, 1.165) is 16.3 Å². The summed E-state index contributed by atoms with van der Waals surface area (Å²) in [6.07, 6.45) is 0.691. The fraction of sp³-hybridized carbons (Fsp3) is 0.143. The van der Waals surface area contributed by atoms with Crippen LogP contribution in [0.3, 0.4) is 0 Å². The second-order valence-corrected chi connectivity index (χ2v) is 4.96. The Morgan fingerprint density at radius 2 is 2.00 bits per heavy atom. The van der Waals surface area contributed by atoms with Crippen LogP contribution in [0.4, 0.5) is 5.69 Å². The zero-order valence-corrected chi connectivity index (χ0v) is 11.2. The molecule has 1 amide bonds. The van der Waals surface area contributed by atoms with Crippen molar-refractivity contribution in [3.8, 4) is 0 Å². The Bertz CT molecular complexity index is 575. The smallest absolute Gasteiger partial charge is 0.221 e. The largest absolute Gasteiger partial charge is 0.457 e. The number of carbonyl (C=O) groups is 2. The van der Waals surface area contributed by atoms with Crippen LogP contribution in [0, 0.1) is 0 Å². The van der Waals surface area contributed by atoms with Gasteiger partial charge in [0.1, 0.15) is 5.76 Å². The molecule has 19 heavy (non-hydrogen) atoms. The molecule has 0 radical (unpaired) electrons. The molecule has 1 N–H and O–H groups in total. The van der Waals surface area contributed by atoms with Crippen molar-refractivity contribution in [1.29, 1.82) is 0 Å². The number of furan rings is 1. The fourth-order valence-corrected chi connectivity index (χ4v) is 2.32. The summed E-state index contributed by atoms with van der Waals surface area (Å²) in [5.74, 6) is 1.68. The molecule has 1 aromatic heterocycles. The molecule has 2 aromatic rings. The first-order chi connectivity index (χ1) is 9.17. The number of amides is 1. The molecule has 0 aliphatic heterocycles. The Labute approximate surface area is 115 Å². The van der Waals surface area contributed by atoms with Crippen molar-refractivity contribution in [3.63, 3.8) is 0 Å². The van der Waals surface area contributed by atoms with E-state index in [1.807, 2.05) is 24.3 Å². The number of aldehydes is 1. The van der Waals surface area contributed by atoms with Gasteiger partial charge in [-0.15, -0.1) is 11.8 Å². The first-order valence-corrected chi connectivity index (χ1v) is 6.70. The quantitative estimate of drug-likeness (QED) is 0.671. The van der Waals surface area contributed by atoms with Crippen LogP contribution in [0.5, 0.6) is 0 Å². The number of carbonyl (C=O) groups excluding carboxylic acids is 2. The molecule has 1 heterocycles. The van der Waals surface area contributed by atoms with E-state index in [4.69, 9.17) is 4.42 Å². The van der Waals surface area contributed by atoms with E-state index >= 15 is 0 Å². The van der Waals surface area contributed by atoms with Crippen LogP contribution in [-0.2, 0) is 10.5 Å². The number of thioether (sulfide) groups is 1. The molecule has 0 bridgehead atoms. The van der Waals surface area contributed by atoms with Crippen molar-refractivity contribution >= 4 is 29.6 Å². The molecule has 0 saturated heterocycles. The van der Waals surface area contributed by atoms with Crippen LogP contribution in [-0.4, -0.2) is 12.2 Å². The highest BCUT2D eigenvalue weighted by Crippen LogP contribution is 2.24. The highest BCUT2D eigenvalue weighted by molar-refractivity contribution is 7.98. The topological polar surface area (TPSA) is 59.3 Å². The van der Waals surface area contributed by atoms with Crippen LogP contribution in [0.2, 0.25) is 0 Å². The first-order valence-electron chi connectivity index (χ1n) is 5.72. The van der Waals surface area contributed by atoms with Crippen LogP contribution in [0.25, 0.3) is 0 Å². The van der Waals surface area contributed by atoms with E-state index < -0.39 is 0 Å².